The van der Waals surface area contributed by atoms with Crippen molar-refractivity contribution in [3.05, 3.63) is 80.9 Å². The topological polar surface area (TPSA) is 121 Å². The van der Waals surface area contributed by atoms with Gasteiger partial charge in [0.1, 0.15) is 11.6 Å². The van der Waals surface area contributed by atoms with Crippen LogP contribution in [-0.2, 0) is 22.5 Å². The van der Waals surface area contributed by atoms with Crippen LogP contribution in [-0.4, -0.2) is 51.0 Å². The monoisotopic (exact) mass is 447 g/mol. The van der Waals surface area contributed by atoms with E-state index in [0.29, 0.717) is 59.4 Å². The largest absolute Gasteiger partial charge is 0.383 e. The Morgan fingerprint density at radius 2 is 1.48 bits per heavy atom. The van der Waals surface area contributed by atoms with Crippen molar-refractivity contribution in [1.29, 1.82) is 0 Å². The van der Waals surface area contributed by atoms with Gasteiger partial charge < -0.3 is 19.6 Å². The number of ether oxygens (including phenoxy) is 1. The third-order valence-corrected chi connectivity index (χ3v) is 5.39. The fourth-order valence-electron chi connectivity index (χ4n) is 3.70. The maximum atomic E-state index is 12.9. The predicted molar refractivity (Wildman–Crippen MR) is 125 cm³/mol. The van der Waals surface area contributed by atoms with Crippen molar-refractivity contribution in [1.82, 2.24) is 24.8 Å². The van der Waals surface area contributed by atoms with Crippen LogP contribution in [0.4, 0.5) is 0 Å². The zero-order chi connectivity index (χ0) is 23.2. The zero-order valence-electron chi connectivity index (χ0n) is 18.3. The molecule has 33 heavy (non-hydrogen) atoms. The van der Waals surface area contributed by atoms with Crippen LogP contribution in [0.1, 0.15) is 24.5 Å². The van der Waals surface area contributed by atoms with Gasteiger partial charge in [0.15, 0.2) is 0 Å². The fraction of sp³-hybridized carbons (Fsp3) is 0.292. The summed E-state index contributed by atoms with van der Waals surface area (Å²) in [7, 11) is 1.57. The first-order chi connectivity index (χ1) is 16.0. The van der Waals surface area contributed by atoms with Gasteiger partial charge in [-0.2, -0.15) is 0 Å². The van der Waals surface area contributed by atoms with Crippen molar-refractivity contribution in [3.63, 3.8) is 0 Å². The predicted octanol–water partition coefficient (Wildman–Crippen LogP) is 2.16. The second-order valence-electron chi connectivity index (χ2n) is 7.72. The van der Waals surface area contributed by atoms with Crippen LogP contribution >= 0.6 is 0 Å². The molecule has 2 aromatic carbocycles. The number of H-pyrrole nitrogens is 2. The van der Waals surface area contributed by atoms with E-state index in [0.717, 1.165) is 0 Å². The number of methoxy groups -OCH3 is 1. The Hall–Kier alpha value is -3.85. The molecule has 0 fully saturated rings. The maximum Gasteiger partial charge on any atom is 0.258 e. The molecule has 0 aliphatic carbocycles. The van der Waals surface area contributed by atoms with E-state index in [1.165, 1.54) is 0 Å². The van der Waals surface area contributed by atoms with Gasteiger partial charge in [0, 0.05) is 26.5 Å². The minimum absolute atomic E-state index is 0.0917. The lowest BCUT2D eigenvalue weighted by atomic mass is 10.2. The zero-order valence-corrected chi connectivity index (χ0v) is 18.3. The van der Waals surface area contributed by atoms with Gasteiger partial charge in [-0.15, -0.1) is 0 Å². The average molecular weight is 447 g/mol. The number of aromatic amines is 2. The highest BCUT2D eigenvalue weighted by molar-refractivity contribution is 5.78. The SMILES string of the molecule is COCCN(Cc1nc2ccccc2c(=O)[nH]1)C(=O)CCCc1nc2ccccc2c(=O)[nH]1. The molecular formula is C24H25N5O4. The summed E-state index contributed by atoms with van der Waals surface area (Å²) < 4.78 is 5.15. The molecule has 170 valence electrons. The van der Waals surface area contributed by atoms with Crippen molar-refractivity contribution in [2.75, 3.05) is 20.3 Å². The molecule has 0 saturated carbocycles. The molecule has 0 spiro atoms. The second-order valence-corrected chi connectivity index (χ2v) is 7.72. The molecule has 4 aromatic rings. The van der Waals surface area contributed by atoms with Crippen LogP contribution < -0.4 is 11.1 Å². The van der Waals surface area contributed by atoms with Crippen molar-refractivity contribution < 1.29 is 9.53 Å². The van der Waals surface area contributed by atoms with Crippen LogP contribution in [0.5, 0.6) is 0 Å². The minimum atomic E-state index is -0.235. The molecule has 4 rings (SSSR count). The number of nitrogens with one attached hydrogen (secondary N) is 2. The van der Waals surface area contributed by atoms with E-state index in [2.05, 4.69) is 19.9 Å². The number of hydrogen-bond donors (Lipinski definition) is 2. The van der Waals surface area contributed by atoms with E-state index >= 15 is 0 Å². The van der Waals surface area contributed by atoms with E-state index in [1.807, 2.05) is 12.1 Å². The standard InChI is InChI=1S/C24H25N5O4/c1-33-14-13-29(15-21-26-19-10-5-3-8-17(19)24(32)28-21)22(30)12-6-11-20-25-18-9-4-2-7-16(18)23(31)27-20/h2-5,7-10H,6,11-15H2,1H3,(H,25,27,31)(H,26,28,32). The molecule has 0 saturated heterocycles. The number of nitrogens with zero attached hydrogens (tertiary/aromatic N) is 3. The van der Waals surface area contributed by atoms with Gasteiger partial charge in [0.05, 0.1) is 35.0 Å². The lowest BCUT2D eigenvalue weighted by Gasteiger charge is -2.22. The summed E-state index contributed by atoms with van der Waals surface area (Å²) in [6.07, 6.45) is 1.25. The molecule has 0 atom stereocenters. The molecule has 0 radical (unpaired) electrons. The highest BCUT2D eigenvalue weighted by Gasteiger charge is 2.16. The Balaban J connectivity index is 1.44. The molecule has 0 bridgehead atoms. The highest BCUT2D eigenvalue weighted by Crippen LogP contribution is 2.11. The van der Waals surface area contributed by atoms with Crippen LogP contribution in [0.2, 0.25) is 0 Å². The van der Waals surface area contributed by atoms with Crippen LogP contribution in [0.3, 0.4) is 0 Å². The molecule has 0 aliphatic rings. The normalized spacial score (nSPS) is 11.2. The Bertz CT molecular complexity index is 1400. The molecule has 9 heteroatoms. The molecule has 2 aromatic heterocycles. The first kappa shape index (κ1) is 22.3. The van der Waals surface area contributed by atoms with Gasteiger partial charge in [0.25, 0.3) is 11.1 Å². The third-order valence-electron chi connectivity index (χ3n) is 5.39. The molecule has 2 N–H and O–H groups in total. The van der Waals surface area contributed by atoms with Crippen LogP contribution in [0.25, 0.3) is 21.8 Å². The average Bonchev–Trinajstić information content (AvgIpc) is 2.82. The van der Waals surface area contributed by atoms with Gasteiger partial charge in [-0.1, -0.05) is 24.3 Å². The number of rotatable bonds is 9. The van der Waals surface area contributed by atoms with Crippen molar-refractivity contribution in [2.45, 2.75) is 25.8 Å². The van der Waals surface area contributed by atoms with E-state index in [4.69, 9.17) is 4.74 Å². The summed E-state index contributed by atoms with van der Waals surface area (Å²) in [5.74, 6) is 0.880. The molecular weight excluding hydrogens is 422 g/mol. The van der Waals surface area contributed by atoms with E-state index in [9.17, 15) is 14.4 Å². The summed E-state index contributed by atoms with van der Waals surface area (Å²) in [4.78, 5) is 53.7. The summed E-state index contributed by atoms with van der Waals surface area (Å²) >= 11 is 0. The number of para-hydroxylation sites is 2. The Morgan fingerprint density at radius 3 is 2.12 bits per heavy atom. The minimum Gasteiger partial charge on any atom is -0.383 e. The first-order valence-corrected chi connectivity index (χ1v) is 10.8. The molecule has 0 aliphatic heterocycles. The van der Waals surface area contributed by atoms with Gasteiger partial charge >= 0.3 is 0 Å². The number of aromatic nitrogens is 4. The molecule has 0 unspecified atom stereocenters. The highest BCUT2D eigenvalue weighted by atomic mass is 16.5. The Kier molecular flexibility index (Phi) is 6.89. The van der Waals surface area contributed by atoms with Crippen molar-refractivity contribution in [2.24, 2.45) is 0 Å². The number of aryl methyl sites for hydroxylation is 1. The smallest absolute Gasteiger partial charge is 0.258 e. The number of fused-ring (bicyclic) bond motifs is 2. The Morgan fingerprint density at radius 1 is 0.909 bits per heavy atom. The Labute approximate surface area is 189 Å². The summed E-state index contributed by atoms with van der Waals surface area (Å²) in [6, 6.07) is 14.2. The first-order valence-electron chi connectivity index (χ1n) is 10.8. The van der Waals surface area contributed by atoms with Crippen LogP contribution in [0.15, 0.2) is 58.1 Å². The number of hydrogen-bond acceptors (Lipinski definition) is 6. The van der Waals surface area contributed by atoms with Crippen LogP contribution in [0, 0.1) is 0 Å². The quantitative estimate of drug-likeness (QED) is 0.406. The fourth-order valence-corrected chi connectivity index (χ4v) is 3.70. The van der Waals surface area contributed by atoms with E-state index in [-0.39, 0.29) is 30.0 Å². The van der Waals surface area contributed by atoms with E-state index < -0.39 is 0 Å². The van der Waals surface area contributed by atoms with Crippen molar-refractivity contribution >= 4 is 27.7 Å². The third kappa shape index (κ3) is 5.32. The lowest BCUT2D eigenvalue weighted by Crippen LogP contribution is -2.34. The van der Waals surface area contributed by atoms with E-state index in [1.54, 1.807) is 48.4 Å². The van der Waals surface area contributed by atoms with Gasteiger partial charge in [0.2, 0.25) is 5.91 Å². The molecule has 9 nitrogen and oxygen atoms in total. The maximum absolute atomic E-state index is 12.9. The number of benzene rings is 2. The van der Waals surface area contributed by atoms with Crippen molar-refractivity contribution in [3.8, 4) is 0 Å². The summed E-state index contributed by atoms with van der Waals surface area (Å²) in [6.45, 7) is 0.910. The summed E-state index contributed by atoms with van der Waals surface area (Å²) in [5, 5.41) is 1.05. The molecule has 2 heterocycles. The van der Waals surface area contributed by atoms with Gasteiger partial charge in [-0.25, -0.2) is 9.97 Å². The number of carbonyl (C=O) groups excluding carboxylic acids is 1. The summed E-state index contributed by atoms with van der Waals surface area (Å²) in [5.41, 5.74) is 0.799. The lowest BCUT2D eigenvalue weighted by molar-refractivity contribution is -0.132. The molecule has 1 amide bonds. The van der Waals surface area contributed by atoms with Gasteiger partial charge in [-0.3, -0.25) is 14.4 Å². The number of carbonyl (C=O) groups is 1. The second kappa shape index (κ2) is 10.2. The van der Waals surface area contributed by atoms with Gasteiger partial charge in [-0.05, 0) is 30.7 Å². The number of amides is 1.